The van der Waals surface area contributed by atoms with Gasteiger partial charge in [0.1, 0.15) is 0 Å². The molecule has 0 heterocycles. The van der Waals surface area contributed by atoms with E-state index in [4.69, 9.17) is 0 Å². The molecule has 5 nitrogen and oxygen atoms in total. The molecule has 0 aromatic heterocycles. The molecule has 5 heteroatoms. The van der Waals surface area contributed by atoms with Gasteiger partial charge in [0.2, 0.25) is 0 Å². The lowest BCUT2D eigenvalue weighted by Gasteiger charge is -2.31. The highest BCUT2D eigenvalue weighted by Gasteiger charge is 2.63. The maximum atomic E-state index is 13.2. The molecule has 2 aromatic rings. The summed E-state index contributed by atoms with van der Waals surface area (Å²) in [4.78, 5) is 13.2. The first-order valence-electron chi connectivity index (χ1n) is 10.0. The number of hydrazone groups is 1. The molecule has 0 spiro atoms. The van der Waals surface area contributed by atoms with E-state index in [9.17, 15) is 4.79 Å². The Bertz CT molecular complexity index is 992. The molecule has 2 aromatic carbocycles. The number of rotatable bonds is 4. The van der Waals surface area contributed by atoms with Crippen molar-refractivity contribution in [2.75, 3.05) is 5.43 Å². The Hall–Kier alpha value is -3.08. The van der Waals surface area contributed by atoms with Crippen LogP contribution in [0.25, 0.3) is 0 Å². The number of hydrogen-bond acceptors (Lipinski definition) is 4. The standard InChI is InChI=1S/C24H26N4O/c1-23(2)20-14-15-24(23,3)22(29)19(20)16-21(27-25-17-10-6-4-7-11-17)28-26-18-12-8-5-9-13-18/h4-13,16,20,25H,14-15H2,1-3H3/b19-16?,27-21-,28-26?/t20-,24-/m0/s1. The number of nitrogens with one attached hydrogen (secondary N) is 1. The summed E-state index contributed by atoms with van der Waals surface area (Å²) in [5.74, 6) is 0.850. The number of ketones is 1. The first-order chi connectivity index (χ1) is 13.9. The lowest BCUT2D eigenvalue weighted by molar-refractivity contribution is -0.125. The number of fused-ring (bicyclic) bond motifs is 2. The van der Waals surface area contributed by atoms with Crippen LogP contribution in [0.1, 0.15) is 33.6 Å². The average molecular weight is 386 g/mol. The van der Waals surface area contributed by atoms with E-state index in [0.717, 1.165) is 29.8 Å². The van der Waals surface area contributed by atoms with Crippen molar-refractivity contribution >= 4 is 23.0 Å². The largest absolute Gasteiger partial charge is 0.294 e. The zero-order valence-electron chi connectivity index (χ0n) is 17.1. The number of allylic oxidation sites excluding steroid dienone is 1. The van der Waals surface area contributed by atoms with Gasteiger partial charge in [-0.3, -0.25) is 10.2 Å². The normalized spacial score (nSPS) is 27.1. The van der Waals surface area contributed by atoms with Crippen molar-refractivity contribution in [3.8, 4) is 0 Å². The average Bonchev–Trinajstić information content (AvgIpc) is 3.05. The molecule has 0 radical (unpaired) electrons. The van der Waals surface area contributed by atoms with Crippen LogP contribution in [0.5, 0.6) is 0 Å². The smallest absolute Gasteiger partial charge is 0.194 e. The van der Waals surface area contributed by atoms with Gasteiger partial charge >= 0.3 is 0 Å². The summed E-state index contributed by atoms with van der Waals surface area (Å²) in [5.41, 5.74) is 5.08. The van der Waals surface area contributed by atoms with Gasteiger partial charge in [-0.05, 0) is 54.5 Å². The fourth-order valence-electron chi connectivity index (χ4n) is 4.55. The van der Waals surface area contributed by atoms with Crippen molar-refractivity contribution in [1.82, 2.24) is 0 Å². The Morgan fingerprint density at radius 2 is 1.69 bits per heavy atom. The van der Waals surface area contributed by atoms with E-state index in [1.165, 1.54) is 0 Å². The van der Waals surface area contributed by atoms with Gasteiger partial charge in [0, 0.05) is 11.0 Å². The number of carbonyl (C=O) groups excluding carboxylic acids is 1. The zero-order valence-corrected chi connectivity index (χ0v) is 17.1. The number of para-hydroxylation sites is 1. The predicted molar refractivity (Wildman–Crippen MR) is 116 cm³/mol. The van der Waals surface area contributed by atoms with Crippen LogP contribution in [0.3, 0.4) is 0 Å². The zero-order chi connectivity index (χ0) is 20.5. The first-order valence-corrected chi connectivity index (χ1v) is 10.0. The minimum Gasteiger partial charge on any atom is -0.294 e. The highest BCUT2D eigenvalue weighted by atomic mass is 16.1. The highest BCUT2D eigenvalue weighted by molar-refractivity contribution is 6.10. The minimum atomic E-state index is -0.307. The van der Waals surface area contributed by atoms with Crippen LogP contribution in [-0.4, -0.2) is 11.6 Å². The molecule has 2 saturated carbocycles. The van der Waals surface area contributed by atoms with Gasteiger partial charge < -0.3 is 0 Å². The van der Waals surface area contributed by atoms with Crippen molar-refractivity contribution < 1.29 is 4.79 Å². The fourth-order valence-corrected chi connectivity index (χ4v) is 4.55. The quantitative estimate of drug-likeness (QED) is 0.225. The Kier molecular flexibility index (Phi) is 4.91. The Labute approximate surface area is 171 Å². The summed E-state index contributed by atoms with van der Waals surface area (Å²) < 4.78 is 0. The van der Waals surface area contributed by atoms with E-state index in [1.54, 1.807) is 0 Å². The van der Waals surface area contributed by atoms with E-state index in [-0.39, 0.29) is 22.5 Å². The molecule has 4 rings (SSSR count). The Morgan fingerprint density at radius 3 is 2.31 bits per heavy atom. The number of carbonyl (C=O) groups is 1. The van der Waals surface area contributed by atoms with Crippen molar-refractivity contribution in [2.24, 2.45) is 32.1 Å². The summed E-state index contributed by atoms with van der Waals surface area (Å²) in [6, 6.07) is 19.2. The van der Waals surface area contributed by atoms with Crippen LogP contribution >= 0.6 is 0 Å². The molecule has 2 bridgehead atoms. The topological polar surface area (TPSA) is 66.2 Å². The maximum absolute atomic E-state index is 13.2. The van der Waals surface area contributed by atoms with E-state index in [1.807, 2.05) is 66.7 Å². The van der Waals surface area contributed by atoms with Crippen LogP contribution in [-0.2, 0) is 4.79 Å². The third-order valence-corrected chi connectivity index (χ3v) is 6.75. The van der Waals surface area contributed by atoms with Crippen molar-refractivity contribution in [3.63, 3.8) is 0 Å². The molecule has 2 fully saturated rings. The lowest BCUT2D eigenvalue weighted by atomic mass is 9.70. The summed E-state index contributed by atoms with van der Waals surface area (Å²) in [5, 5.41) is 13.1. The maximum Gasteiger partial charge on any atom is 0.194 e. The molecule has 2 aliphatic carbocycles. The van der Waals surface area contributed by atoms with Gasteiger partial charge in [0.05, 0.1) is 11.4 Å². The van der Waals surface area contributed by atoms with Crippen LogP contribution in [0, 0.1) is 16.7 Å². The van der Waals surface area contributed by atoms with Gasteiger partial charge in [-0.1, -0.05) is 57.2 Å². The molecule has 2 atom stereocenters. The molecule has 0 amide bonds. The van der Waals surface area contributed by atoms with Crippen LogP contribution in [0.2, 0.25) is 0 Å². The number of Topliss-reactive ketones (excluding diaryl/α,β-unsaturated/α-hetero) is 1. The molecular weight excluding hydrogens is 360 g/mol. The monoisotopic (exact) mass is 386 g/mol. The second-order valence-electron chi connectivity index (χ2n) is 8.56. The molecule has 0 saturated heterocycles. The predicted octanol–water partition coefficient (Wildman–Crippen LogP) is 6.15. The molecule has 0 unspecified atom stereocenters. The SMILES string of the molecule is CC1(C)[C@H]2CC[C@@]1(C)C(=O)C2=C/C(N=Nc1ccccc1)=N/Nc1ccccc1. The van der Waals surface area contributed by atoms with E-state index < -0.39 is 0 Å². The summed E-state index contributed by atoms with van der Waals surface area (Å²) in [6.07, 6.45) is 3.79. The summed E-state index contributed by atoms with van der Waals surface area (Å²) in [7, 11) is 0. The molecule has 29 heavy (non-hydrogen) atoms. The fraction of sp³-hybridized carbons (Fsp3) is 0.333. The minimum absolute atomic E-state index is 0.0511. The second kappa shape index (κ2) is 7.39. The molecule has 148 valence electrons. The van der Waals surface area contributed by atoms with Gasteiger partial charge in [0.25, 0.3) is 0 Å². The molecular formula is C24H26N4O. The van der Waals surface area contributed by atoms with Crippen LogP contribution in [0.4, 0.5) is 11.4 Å². The first kappa shape index (κ1) is 19.2. The van der Waals surface area contributed by atoms with E-state index in [2.05, 4.69) is 41.5 Å². The van der Waals surface area contributed by atoms with Crippen LogP contribution < -0.4 is 5.43 Å². The number of anilines is 1. The second-order valence-corrected chi connectivity index (χ2v) is 8.56. The van der Waals surface area contributed by atoms with Gasteiger partial charge in [0.15, 0.2) is 11.6 Å². The van der Waals surface area contributed by atoms with Gasteiger partial charge in [-0.25, -0.2) is 0 Å². The van der Waals surface area contributed by atoms with E-state index >= 15 is 0 Å². The molecule has 0 aliphatic heterocycles. The van der Waals surface area contributed by atoms with E-state index in [0.29, 0.717) is 5.84 Å². The third-order valence-electron chi connectivity index (χ3n) is 6.75. The molecule has 2 aliphatic rings. The van der Waals surface area contributed by atoms with Crippen molar-refractivity contribution in [3.05, 3.63) is 72.3 Å². The van der Waals surface area contributed by atoms with Crippen LogP contribution in [0.15, 0.2) is 87.6 Å². The Morgan fingerprint density at radius 1 is 1.03 bits per heavy atom. The van der Waals surface area contributed by atoms with Crippen molar-refractivity contribution in [1.29, 1.82) is 0 Å². The Balaban J connectivity index is 1.68. The number of amidine groups is 1. The van der Waals surface area contributed by atoms with Gasteiger partial charge in [-0.15, -0.1) is 10.2 Å². The number of nitrogens with zero attached hydrogens (tertiary/aromatic N) is 3. The highest BCUT2D eigenvalue weighted by Crippen LogP contribution is 2.65. The summed E-state index contributed by atoms with van der Waals surface area (Å²) in [6.45, 7) is 6.50. The molecule has 1 N–H and O–H groups in total. The van der Waals surface area contributed by atoms with Crippen molar-refractivity contribution in [2.45, 2.75) is 33.6 Å². The van der Waals surface area contributed by atoms with Gasteiger partial charge in [-0.2, -0.15) is 5.10 Å². The number of azo groups is 1. The lowest BCUT2D eigenvalue weighted by Crippen LogP contribution is -2.32. The number of hydrogen-bond donors (Lipinski definition) is 1. The summed E-state index contributed by atoms with van der Waals surface area (Å²) >= 11 is 0. The number of benzene rings is 2. The third kappa shape index (κ3) is 3.41.